The maximum absolute atomic E-state index is 13.1. The molecular formula is C22H25N5O3. The lowest BCUT2D eigenvalue weighted by atomic mass is 10.2. The molecule has 0 aliphatic rings. The number of nitrogens with zero attached hydrogens (tertiary/aromatic N) is 4. The van der Waals surface area contributed by atoms with Crippen LogP contribution in [0.3, 0.4) is 0 Å². The van der Waals surface area contributed by atoms with E-state index in [0.717, 1.165) is 24.1 Å². The molecule has 0 fully saturated rings. The molecule has 3 aromatic heterocycles. The molecule has 30 heavy (non-hydrogen) atoms. The predicted octanol–water partition coefficient (Wildman–Crippen LogP) is 3.31. The van der Waals surface area contributed by atoms with Gasteiger partial charge in [0.1, 0.15) is 11.7 Å². The van der Waals surface area contributed by atoms with Crippen LogP contribution in [-0.4, -0.2) is 31.0 Å². The Balaban J connectivity index is 1.88. The summed E-state index contributed by atoms with van der Waals surface area (Å²) in [5.74, 6) is 0. The SMILES string of the molecule is CCCCn1c(=O)c2[nH]c(-c3cnn(-c4ccccc4)c3)cc2n(C(C)OC)c1=O. The molecule has 1 atom stereocenters. The number of para-hydroxylation sites is 1. The Morgan fingerprint density at radius 3 is 2.67 bits per heavy atom. The van der Waals surface area contributed by atoms with Gasteiger partial charge in [0.25, 0.3) is 5.56 Å². The summed E-state index contributed by atoms with van der Waals surface area (Å²) in [6.07, 6.45) is 4.75. The zero-order valence-electron chi connectivity index (χ0n) is 17.3. The third-order valence-corrected chi connectivity index (χ3v) is 5.31. The van der Waals surface area contributed by atoms with Crippen molar-refractivity contribution in [3.05, 3.63) is 69.6 Å². The molecule has 0 bridgehead atoms. The molecule has 1 N–H and O–H groups in total. The Labute approximate surface area is 173 Å². The van der Waals surface area contributed by atoms with E-state index in [2.05, 4.69) is 10.1 Å². The third-order valence-electron chi connectivity index (χ3n) is 5.31. The van der Waals surface area contributed by atoms with Crippen LogP contribution in [0.4, 0.5) is 0 Å². The van der Waals surface area contributed by atoms with Gasteiger partial charge in [-0.25, -0.2) is 9.48 Å². The van der Waals surface area contributed by atoms with E-state index >= 15 is 0 Å². The van der Waals surface area contributed by atoms with Crippen LogP contribution in [0.2, 0.25) is 0 Å². The Hall–Kier alpha value is -3.39. The number of ether oxygens (including phenoxy) is 1. The minimum atomic E-state index is -0.510. The number of nitrogens with one attached hydrogen (secondary N) is 1. The summed E-state index contributed by atoms with van der Waals surface area (Å²) >= 11 is 0. The summed E-state index contributed by atoms with van der Waals surface area (Å²) < 4.78 is 10.00. The Kier molecular flexibility index (Phi) is 5.41. The van der Waals surface area contributed by atoms with E-state index < -0.39 is 6.23 Å². The Bertz CT molecular complexity index is 1280. The van der Waals surface area contributed by atoms with Crippen molar-refractivity contribution >= 4 is 11.0 Å². The average molecular weight is 407 g/mol. The number of benzene rings is 1. The first-order valence-electron chi connectivity index (χ1n) is 10.1. The molecule has 8 heteroatoms. The van der Waals surface area contributed by atoms with E-state index in [4.69, 9.17) is 4.74 Å². The Morgan fingerprint density at radius 2 is 1.97 bits per heavy atom. The van der Waals surface area contributed by atoms with E-state index in [9.17, 15) is 9.59 Å². The van der Waals surface area contributed by atoms with Crippen molar-refractivity contribution in [3.63, 3.8) is 0 Å². The largest absolute Gasteiger partial charge is 0.361 e. The van der Waals surface area contributed by atoms with Crippen LogP contribution in [0.5, 0.6) is 0 Å². The van der Waals surface area contributed by atoms with Crippen LogP contribution < -0.4 is 11.2 Å². The maximum atomic E-state index is 13.1. The van der Waals surface area contributed by atoms with Gasteiger partial charge in [-0.05, 0) is 31.5 Å². The second-order valence-corrected chi connectivity index (χ2v) is 7.25. The van der Waals surface area contributed by atoms with Crippen LogP contribution in [0.25, 0.3) is 28.0 Å². The van der Waals surface area contributed by atoms with Crippen LogP contribution in [-0.2, 0) is 11.3 Å². The second-order valence-electron chi connectivity index (χ2n) is 7.25. The zero-order chi connectivity index (χ0) is 21.3. The van der Waals surface area contributed by atoms with Gasteiger partial charge in [0.2, 0.25) is 0 Å². The van der Waals surface area contributed by atoms with E-state index in [1.54, 1.807) is 24.9 Å². The van der Waals surface area contributed by atoms with E-state index in [1.807, 2.05) is 49.5 Å². The minimum Gasteiger partial charge on any atom is -0.361 e. The quantitative estimate of drug-likeness (QED) is 0.509. The molecule has 0 saturated heterocycles. The summed E-state index contributed by atoms with van der Waals surface area (Å²) in [6, 6.07) is 11.6. The second kappa shape index (κ2) is 8.16. The van der Waals surface area contributed by atoms with Crippen LogP contribution in [0, 0.1) is 0 Å². The number of unbranched alkanes of at least 4 members (excludes halogenated alkanes) is 1. The molecule has 4 rings (SSSR count). The molecule has 0 aliphatic carbocycles. The Morgan fingerprint density at radius 1 is 1.20 bits per heavy atom. The molecule has 1 unspecified atom stereocenters. The van der Waals surface area contributed by atoms with E-state index in [0.29, 0.717) is 23.3 Å². The van der Waals surface area contributed by atoms with E-state index in [1.165, 1.54) is 9.13 Å². The number of aromatic nitrogens is 5. The van der Waals surface area contributed by atoms with Crippen molar-refractivity contribution in [2.45, 2.75) is 39.5 Å². The predicted molar refractivity (Wildman–Crippen MR) is 116 cm³/mol. The van der Waals surface area contributed by atoms with Crippen molar-refractivity contribution in [3.8, 4) is 16.9 Å². The van der Waals surface area contributed by atoms with Gasteiger partial charge in [-0.15, -0.1) is 0 Å². The molecule has 4 aromatic rings. The van der Waals surface area contributed by atoms with Crippen molar-refractivity contribution in [1.29, 1.82) is 0 Å². The fourth-order valence-corrected chi connectivity index (χ4v) is 3.56. The first kappa shape index (κ1) is 19.9. The number of fused-ring (bicyclic) bond motifs is 1. The highest BCUT2D eigenvalue weighted by Crippen LogP contribution is 2.24. The number of H-pyrrole nitrogens is 1. The lowest BCUT2D eigenvalue weighted by molar-refractivity contribution is 0.0590. The van der Waals surface area contributed by atoms with Crippen LogP contribution in [0.1, 0.15) is 32.9 Å². The molecular weight excluding hydrogens is 382 g/mol. The zero-order valence-corrected chi connectivity index (χ0v) is 17.3. The van der Waals surface area contributed by atoms with Gasteiger partial charge < -0.3 is 9.72 Å². The summed E-state index contributed by atoms with van der Waals surface area (Å²) in [4.78, 5) is 29.3. The summed E-state index contributed by atoms with van der Waals surface area (Å²) in [5, 5.41) is 4.42. The lowest BCUT2D eigenvalue weighted by Crippen LogP contribution is -2.41. The highest BCUT2D eigenvalue weighted by Gasteiger charge is 2.20. The number of aromatic amines is 1. The monoisotopic (exact) mass is 407 g/mol. The first-order valence-corrected chi connectivity index (χ1v) is 10.1. The standard InChI is InChI=1S/C22H25N5O3/c1-4-5-11-25-21(28)20-19(27(22(25)29)15(2)30-3)12-18(24-20)16-13-23-26(14-16)17-9-7-6-8-10-17/h6-10,12-15,24H,4-5,11H2,1-3H3. The molecule has 0 radical (unpaired) electrons. The topological polar surface area (TPSA) is 86.8 Å². The minimum absolute atomic E-state index is 0.315. The maximum Gasteiger partial charge on any atom is 0.333 e. The molecule has 0 amide bonds. The van der Waals surface area contributed by atoms with Gasteiger partial charge in [-0.2, -0.15) is 5.10 Å². The summed E-state index contributed by atoms with van der Waals surface area (Å²) in [7, 11) is 1.54. The summed E-state index contributed by atoms with van der Waals surface area (Å²) in [5.41, 5.74) is 2.71. The van der Waals surface area contributed by atoms with E-state index in [-0.39, 0.29) is 11.2 Å². The number of rotatable bonds is 7. The fourth-order valence-electron chi connectivity index (χ4n) is 3.56. The van der Waals surface area contributed by atoms with Crippen molar-refractivity contribution in [2.24, 2.45) is 0 Å². The normalized spacial score (nSPS) is 12.5. The van der Waals surface area contributed by atoms with Crippen LogP contribution >= 0.6 is 0 Å². The molecule has 1 aromatic carbocycles. The van der Waals surface area contributed by atoms with Gasteiger partial charge in [-0.3, -0.25) is 13.9 Å². The van der Waals surface area contributed by atoms with Crippen molar-refractivity contribution in [1.82, 2.24) is 23.9 Å². The smallest absolute Gasteiger partial charge is 0.333 e. The molecule has 0 spiro atoms. The molecule has 8 nitrogen and oxygen atoms in total. The average Bonchev–Trinajstić information content (AvgIpc) is 3.42. The van der Waals surface area contributed by atoms with Crippen molar-refractivity contribution in [2.75, 3.05) is 7.11 Å². The fraction of sp³-hybridized carbons (Fsp3) is 0.318. The highest BCUT2D eigenvalue weighted by atomic mass is 16.5. The van der Waals surface area contributed by atoms with Gasteiger partial charge in [0.15, 0.2) is 0 Å². The number of hydrogen-bond acceptors (Lipinski definition) is 4. The van der Waals surface area contributed by atoms with Gasteiger partial charge in [-0.1, -0.05) is 31.5 Å². The molecule has 3 heterocycles. The van der Waals surface area contributed by atoms with Crippen LogP contribution in [0.15, 0.2) is 58.4 Å². The number of hydrogen-bond donors (Lipinski definition) is 1. The molecule has 0 saturated carbocycles. The highest BCUT2D eigenvalue weighted by molar-refractivity contribution is 5.82. The molecule has 0 aliphatic heterocycles. The molecule has 156 valence electrons. The van der Waals surface area contributed by atoms with Gasteiger partial charge in [0, 0.05) is 25.4 Å². The third kappa shape index (κ3) is 3.39. The number of methoxy groups -OCH3 is 1. The van der Waals surface area contributed by atoms with Gasteiger partial charge in [0.05, 0.1) is 23.1 Å². The van der Waals surface area contributed by atoms with Crippen molar-refractivity contribution < 1.29 is 4.74 Å². The van der Waals surface area contributed by atoms with Gasteiger partial charge >= 0.3 is 5.69 Å². The lowest BCUT2D eigenvalue weighted by Gasteiger charge is -2.16. The first-order chi connectivity index (χ1) is 14.5. The summed E-state index contributed by atoms with van der Waals surface area (Å²) in [6.45, 7) is 4.19.